The van der Waals surface area contributed by atoms with Crippen LogP contribution in [0.1, 0.15) is 18.9 Å². The number of hydrogen-bond donors (Lipinski definition) is 2. The van der Waals surface area contributed by atoms with E-state index < -0.39 is 0 Å². The summed E-state index contributed by atoms with van der Waals surface area (Å²) in [6, 6.07) is 9.88. The average molecular weight is 307 g/mol. The van der Waals surface area contributed by atoms with Gasteiger partial charge in [0.1, 0.15) is 6.10 Å². The molecule has 2 aromatic carbocycles. The number of rotatable bonds is 1. The zero-order chi connectivity index (χ0) is 16.0. The Bertz CT molecular complexity index is 914. The minimum Gasteiger partial charge on any atom is -0.487 e. The number of aromatic nitrogens is 2. The summed E-state index contributed by atoms with van der Waals surface area (Å²) in [5.74, 6) is 0.715. The SMILES string of the molecule is Cc1c(-c2cccc3c2O[C@H](C)CC(=O)N3)ccc2n[nH]cc12. The number of fused-ring (bicyclic) bond motifs is 2. The number of ether oxygens (including phenoxy) is 1. The standard InChI is InChI=1S/C18H17N3O2/c1-10-8-17(22)20-16-5-3-4-13(18(16)23-10)12-6-7-15-14(11(12)2)9-19-21-15/h3-7,9-10H,8H2,1-2H3,(H,19,21)(H,20,22)/t10-/m1/s1. The Morgan fingerprint density at radius 2 is 2.09 bits per heavy atom. The second kappa shape index (κ2) is 5.12. The average Bonchev–Trinajstić information content (AvgIpc) is 2.93. The fourth-order valence-corrected chi connectivity index (χ4v) is 3.13. The van der Waals surface area contributed by atoms with Crippen molar-refractivity contribution in [2.75, 3.05) is 5.32 Å². The van der Waals surface area contributed by atoms with E-state index in [9.17, 15) is 4.79 Å². The molecule has 1 aliphatic rings. The summed E-state index contributed by atoms with van der Waals surface area (Å²) in [7, 11) is 0. The highest BCUT2D eigenvalue weighted by molar-refractivity contribution is 5.97. The summed E-state index contributed by atoms with van der Waals surface area (Å²) in [5, 5.41) is 11.2. The van der Waals surface area contributed by atoms with E-state index in [2.05, 4.69) is 28.5 Å². The van der Waals surface area contributed by atoms with Crippen molar-refractivity contribution in [3.63, 3.8) is 0 Å². The zero-order valence-corrected chi connectivity index (χ0v) is 13.0. The molecule has 4 rings (SSSR count). The predicted octanol–water partition coefficient (Wildman–Crippen LogP) is 3.65. The Morgan fingerprint density at radius 3 is 2.96 bits per heavy atom. The molecule has 0 saturated carbocycles. The maximum absolute atomic E-state index is 11.9. The predicted molar refractivity (Wildman–Crippen MR) is 89.6 cm³/mol. The number of amides is 1. The van der Waals surface area contributed by atoms with Crippen molar-refractivity contribution >= 4 is 22.5 Å². The van der Waals surface area contributed by atoms with Gasteiger partial charge in [0.05, 0.1) is 17.6 Å². The molecular weight excluding hydrogens is 290 g/mol. The first-order chi connectivity index (χ1) is 11.1. The molecule has 1 amide bonds. The van der Waals surface area contributed by atoms with Gasteiger partial charge in [0.2, 0.25) is 5.91 Å². The lowest BCUT2D eigenvalue weighted by Crippen LogP contribution is -2.17. The molecule has 116 valence electrons. The summed E-state index contributed by atoms with van der Waals surface area (Å²) < 4.78 is 6.05. The second-order valence-electron chi connectivity index (χ2n) is 5.92. The molecule has 0 saturated heterocycles. The van der Waals surface area contributed by atoms with E-state index in [4.69, 9.17) is 4.74 Å². The number of anilines is 1. The highest BCUT2D eigenvalue weighted by Crippen LogP contribution is 2.41. The first kappa shape index (κ1) is 13.8. The van der Waals surface area contributed by atoms with Crippen LogP contribution in [-0.2, 0) is 4.79 Å². The molecule has 2 N–H and O–H groups in total. The molecule has 1 aliphatic heterocycles. The summed E-state index contributed by atoms with van der Waals surface area (Å²) in [5.41, 5.74) is 4.87. The molecule has 0 spiro atoms. The van der Waals surface area contributed by atoms with Crippen LogP contribution in [0.3, 0.4) is 0 Å². The maximum atomic E-state index is 11.9. The number of hydrogen-bond acceptors (Lipinski definition) is 3. The normalized spacial score (nSPS) is 17.3. The minimum atomic E-state index is -0.157. The lowest BCUT2D eigenvalue weighted by Gasteiger charge is -2.17. The number of para-hydroxylation sites is 1. The topological polar surface area (TPSA) is 67.0 Å². The molecule has 0 aliphatic carbocycles. The third-order valence-corrected chi connectivity index (χ3v) is 4.26. The van der Waals surface area contributed by atoms with E-state index in [0.717, 1.165) is 39.0 Å². The number of aromatic amines is 1. The number of nitrogens with zero attached hydrogens (tertiary/aromatic N) is 1. The van der Waals surface area contributed by atoms with Gasteiger partial charge in [0.25, 0.3) is 0 Å². The van der Waals surface area contributed by atoms with Crippen LogP contribution in [0.25, 0.3) is 22.0 Å². The van der Waals surface area contributed by atoms with Gasteiger partial charge in [-0.15, -0.1) is 0 Å². The molecule has 1 aromatic heterocycles. The number of H-pyrrole nitrogens is 1. The van der Waals surface area contributed by atoms with Crippen molar-refractivity contribution in [2.45, 2.75) is 26.4 Å². The fourth-order valence-electron chi connectivity index (χ4n) is 3.13. The third kappa shape index (κ3) is 2.25. The quantitative estimate of drug-likeness (QED) is 0.721. The van der Waals surface area contributed by atoms with Gasteiger partial charge < -0.3 is 10.1 Å². The van der Waals surface area contributed by atoms with Crippen LogP contribution in [0.5, 0.6) is 5.75 Å². The summed E-state index contributed by atoms with van der Waals surface area (Å²) >= 11 is 0. The Labute approximate surface area is 133 Å². The Balaban J connectivity index is 1.93. The van der Waals surface area contributed by atoms with Crippen molar-refractivity contribution < 1.29 is 9.53 Å². The van der Waals surface area contributed by atoms with Gasteiger partial charge in [-0.05, 0) is 37.1 Å². The number of carbonyl (C=O) groups excluding carboxylic acids is 1. The third-order valence-electron chi connectivity index (χ3n) is 4.26. The van der Waals surface area contributed by atoms with Gasteiger partial charge >= 0.3 is 0 Å². The first-order valence-corrected chi connectivity index (χ1v) is 7.66. The Kier molecular flexibility index (Phi) is 3.08. The van der Waals surface area contributed by atoms with Crippen LogP contribution in [0.4, 0.5) is 5.69 Å². The van der Waals surface area contributed by atoms with Gasteiger partial charge in [0.15, 0.2) is 5.75 Å². The lowest BCUT2D eigenvalue weighted by molar-refractivity contribution is -0.117. The molecule has 3 aromatic rings. The number of aryl methyl sites for hydroxylation is 1. The molecule has 5 heteroatoms. The van der Waals surface area contributed by atoms with Crippen molar-refractivity contribution in [3.05, 3.63) is 42.1 Å². The van der Waals surface area contributed by atoms with Gasteiger partial charge in [-0.1, -0.05) is 18.2 Å². The number of nitrogens with one attached hydrogen (secondary N) is 2. The summed E-state index contributed by atoms with van der Waals surface area (Å²) in [4.78, 5) is 11.9. The smallest absolute Gasteiger partial charge is 0.228 e. The molecular formula is C18H17N3O2. The van der Waals surface area contributed by atoms with Gasteiger partial charge in [-0.2, -0.15) is 5.10 Å². The highest BCUT2D eigenvalue weighted by Gasteiger charge is 2.23. The van der Waals surface area contributed by atoms with Gasteiger partial charge in [0, 0.05) is 17.1 Å². The van der Waals surface area contributed by atoms with Crippen LogP contribution in [0.15, 0.2) is 36.5 Å². The highest BCUT2D eigenvalue weighted by atomic mass is 16.5. The molecule has 2 heterocycles. The first-order valence-electron chi connectivity index (χ1n) is 7.66. The summed E-state index contributed by atoms with van der Waals surface area (Å²) in [6.07, 6.45) is 2.10. The Hall–Kier alpha value is -2.82. The van der Waals surface area contributed by atoms with E-state index in [-0.39, 0.29) is 12.0 Å². The van der Waals surface area contributed by atoms with E-state index in [1.165, 1.54) is 0 Å². The van der Waals surface area contributed by atoms with E-state index in [0.29, 0.717) is 6.42 Å². The molecule has 0 bridgehead atoms. The van der Waals surface area contributed by atoms with Crippen molar-refractivity contribution in [3.8, 4) is 16.9 Å². The number of benzene rings is 2. The second-order valence-corrected chi connectivity index (χ2v) is 5.92. The van der Waals surface area contributed by atoms with E-state index in [1.54, 1.807) is 0 Å². The Morgan fingerprint density at radius 1 is 1.22 bits per heavy atom. The van der Waals surface area contributed by atoms with Gasteiger partial charge in [-0.25, -0.2) is 0 Å². The van der Waals surface area contributed by atoms with Crippen LogP contribution in [-0.4, -0.2) is 22.2 Å². The zero-order valence-electron chi connectivity index (χ0n) is 13.0. The van der Waals surface area contributed by atoms with E-state index in [1.807, 2.05) is 37.4 Å². The van der Waals surface area contributed by atoms with Crippen LogP contribution < -0.4 is 10.1 Å². The molecule has 0 fully saturated rings. The number of carbonyl (C=O) groups is 1. The molecule has 1 atom stereocenters. The largest absolute Gasteiger partial charge is 0.487 e. The van der Waals surface area contributed by atoms with Crippen molar-refractivity contribution in [1.82, 2.24) is 10.2 Å². The fraction of sp³-hybridized carbons (Fsp3) is 0.222. The van der Waals surface area contributed by atoms with E-state index >= 15 is 0 Å². The molecule has 5 nitrogen and oxygen atoms in total. The lowest BCUT2D eigenvalue weighted by atomic mass is 9.96. The summed E-state index contributed by atoms with van der Waals surface area (Å²) in [6.45, 7) is 3.99. The minimum absolute atomic E-state index is 0.0181. The van der Waals surface area contributed by atoms with Crippen LogP contribution in [0, 0.1) is 6.92 Å². The molecule has 0 unspecified atom stereocenters. The van der Waals surface area contributed by atoms with Crippen molar-refractivity contribution in [2.24, 2.45) is 0 Å². The molecule has 23 heavy (non-hydrogen) atoms. The van der Waals surface area contributed by atoms with Gasteiger partial charge in [-0.3, -0.25) is 9.89 Å². The monoisotopic (exact) mass is 307 g/mol. The van der Waals surface area contributed by atoms with Crippen LogP contribution in [0.2, 0.25) is 0 Å². The maximum Gasteiger partial charge on any atom is 0.228 e. The van der Waals surface area contributed by atoms with Crippen molar-refractivity contribution in [1.29, 1.82) is 0 Å². The van der Waals surface area contributed by atoms with Crippen LogP contribution >= 0.6 is 0 Å². The molecule has 0 radical (unpaired) electrons.